The van der Waals surface area contributed by atoms with Gasteiger partial charge in [0.1, 0.15) is 10.7 Å². The molecule has 2 aromatic rings. The molecule has 160 valence electrons. The number of nitrogens with one attached hydrogen (secondary N) is 2. The number of aromatic nitrogens is 2. The minimum absolute atomic E-state index is 0.0107. The third kappa shape index (κ3) is 6.85. The van der Waals surface area contributed by atoms with Gasteiger partial charge in [0.25, 0.3) is 11.4 Å². The summed E-state index contributed by atoms with van der Waals surface area (Å²) in [5.74, 6) is 1.63. The minimum Gasteiger partial charge on any atom is -0.493 e. The van der Waals surface area contributed by atoms with E-state index in [1.54, 1.807) is 7.11 Å². The van der Waals surface area contributed by atoms with Crippen LogP contribution >= 0.6 is 11.6 Å². The molecule has 29 heavy (non-hydrogen) atoms. The Morgan fingerprint density at radius 2 is 2.00 bits per heavy atom. The van der Waals surface area contributed by atoms with Crippen LogP contribution in [0, 0.1) is 0 Å². The summed E-state index contributed by atoms with van der Waals surface area (Å²) in [6, 6.07) is 5.71. The SMILES string of the molecule is CCCCCCOc1cc(CNc2c(OC(C)C)n[nH]c(=O)c2Cl)ccc1OC. The van der Waals surface area contributed by atoms with Crippen molar-refractivity contribution in [1.29, 1.82) is 0 Å². The summed E-state index contributed by atoms with van der Waals surface area (Å²) in [7, 11) is 1.62. The molecule has 0 spiro atoms. The highest BCUT2D eigenvalue weighted by atomic mass is 35.5. The first-order chi connectivity index (χ1) is 14.0. The molecule has 0 aliphatic heterocycles. The number of halogens is 1. The summed E-state index contributed by atoms with van der Waals surface area (Å²) < 4.78 is 17.0. The first kappa shape index (κ1) is 22.9. The highest BCUT2D eigenvalue weighted by Crippen LogP contribution is 2.31. The van der Waals surface area contributed by atoms with Crippen molar-refractivity contribution in [2.24, 2.45) is 0 Å². The minimum atomic E-state index is -0.476. The Hall–Kier alpha value is -2.41. The van der Waals surface area contributed by atoms with Gasteiger partial charge in [-0.3, -0.25) is 4.79 Å². The number of rotatable bonds is 12. The molecular weight excluding hydrogens is 394 g/mol. The number of H-pyrrole nitrogens is 1. The van der Waals surface area contributed by atoms with Gasteiger partial charge < -0.3 is 19.5 Å². The van der Waals surface area contributed by atoms with E-state index in [1.165, 1.54) is 12.8 Å². The number of ether oxygens (including phenoxy) is 3. The third-order valence-corrected chi connectivity index (χ3v) is 4.55. The molecular formula is C21H30ClN3O4. The van der Waals surface area contributed by atoms with Crippen LogP contribution in [0.4, 0.5) is 5.69 Å². The van der Waals surface area contributed by atoms with Crippen molar-refractivity contribution < 1.29 is 14.2 Å². The van der Waals surface area contributed by atoms with Crippen LogP contribution in [0.3, 0.4) is 0 Å². The molecule has 7 nitrogen and oxygen atoms in total. The molecule has 0 bridgehead atoms. The molecule has 0 aliphatic carbocycles. The first-order valence-corrected chi connectivity index (χ1v) is 10.3. The van der Waals surface area contributed by atoms with Gasteiger partial charge in [-0.1, -0.05) is 43.9 Å². The van der Waals surface area contributed by atoms with Gasteiger partial charge in [0.2, 0.25) is 0 Å². The Kier molecular flexibility index (Phi) is 9.12. The summed E-state index contributed by atoms with van der Waals surface area (Å²) in [4.78, 5) is 11.8. The molecule has 0 amide bonds. The van der Waals surface area contributed by atoms with Crippen molar-refractivity contribution >= 4 is 17.3 Å². The summed E-state index contributed by atoms with van der Waals surface area (Å²) >= 11 is 6.17. The number of nitrogens with zero attached hydrogens (tertiary/aromatic N) is 1. The van der Waals surface area contributed by atoms with Crippen LogP contribution in [0.1, 0.15) is 52.0 Å². The smallest absolute Gasteiger partial charge is 0.285 e. The van der Waals surface area contributed by atoms with E-state index in [9.17, 15) is 4.79 Å². The van der Waals surface area contributed by atoms with Crippen molar-refractivity contribution in [3.05, 3.63) is 39.1 Å². The van der Waals surface area contributed by atoms with Crippen LogP contribution in [0.5, 0.6) is 17.4 Å². The van der Waals surface area contributed by atoms with Gasteiger partial charge in [-0.15, -0.1) is 5.10 Å². The van der Waals surface area contributed by atoms with Gasteiger partial charge >= 0.3 is 0 Å². The Labute approximate surface area is 176 Å². The molecule has 2 N–H and O–H groups in total. The molecule has 8 heteroatoms. The summed E-state index contributed by atoms with van der Waals surface area (Å²) in [6.45, 7) is 6.98. The maximum atomic E-state index is 11.8. The van der Waals surface area contributed by atoms with Gasteiger partial charge in [-0.2, -0.15) is 0 Å². The monoisotopic (exact) mass is 423 g/mol. The Morgan fingerprint density at radius 3 is 2.69 bits per heavy atom. The molecule has 0 atom stereocenters. The molecule has 0 saturated heterocycles. The van der Waals surface area contributed by atoms with Gasteiger partial charge in [0.05, 0.1) is 19.8 Å². The zero-order valence-corrected chi connectivity index (χ0v) is 18.3. The van der Waals surface area contributed by atoms with E-state index >= 15 is 0 Å². The number of benzene rings is 1. The number of methoxy groups -OCH3 is 1. The van der Waals surface area contributed by atoms with Crippen molar-refractivity contribution in [1.82, 2.24) is 10.2 Å². The predicted molar refractivity (Wildman–Crippen MR) is 116 cm³/mol. The largest absolute Gasteiger partial charge is 0.493 e. The number of unbranched alkanes of at least 4 members (excludes halogenated alkanes) is 3. The standard InChI is InChI=1S/C21H30ClN3O4/c1-5-6-7-8-11-28-17-12-15(9-10-16(17)27-4)13-23-19-18(22)20(26)24-25-21(19)29-14(2)3/h9-10,12,14H,5-8,11,13H2,1-4H3,(H2,23,24,26). The second-order valence-electron chi connectivity index (χ2n) is 6.96. The fourth-order valence-electron chi connectivity index (χ4n) is 2.72. The second-order valence-corrected chi connectivity index (χ2v) is 7.34. The highest BCUT2D eigenvalue weighted by Gasteiger charge is 2.15. The van der Waals surface area contributed by atoms with E-state index in [4.69, 9.17) is 25.8 Å². The van der Waals surface area contributed by atoms with Crippen LogP contribution < -0.4 is 25.1 Å². The second kappa shape index (κ2) is 11.6. The van der Waals surface area contributed by atoms with E-state index in [2.05, 4.69) is 22.4 Å². The normalized spacial score (nSPS) is 10.8. The van der Waals surface area contributed by atoms with Crippen LogP contribution in [-0.4, -0.2) is 30.0 Å². The highest BCUT2D eigenvalue weighted by molar-refractivity contribution is 6.33. The van der Waals surface area contributed by atoms with Crippen molar-refractivity contribution in [2.45, 2.75) is 59.1 Å². The molecule has 1 aromatic heterocycles. The van der Waals surface area contributed by atoms with E-state index < -0.39 is 5.56 Å². The van der Waals surface area contributed by atoms with Crippen molar-refractivity contribution in [3.63, 3.8) is 0 Å². The van der Waals surface area contributed by atoms with E-state index in [-0.39, 0.29) is 17.0 Å². The molecule has 0 aliphatic rings. The average Bonchev–Trinajstić information content (AvgIpc) is 2.70. The number of anilines is 1. The summed E-state index contributed by atoms with van der Waals surface area (Å²) in [5.41, 5.74) is 0.833. The lowest BCUT2D eigenvalue weighted by molar-refractivity contribution is 0.231. The predicted octanol–water partition coefficient (Wildman–Crippen LogP) is 4.79. The van der Waals surface area contributed by atoms with Crippen molar-refractivity contribution in [2.75, 3.05) is 19.0 Å². The lowest BCUT2D eigenvalue weighted by atomic mass is 10.2. The third-order valence-electron chi connectivity index (χ3n) is 4.19. The molecule has 0 saturated carbocycles. The van der Waals surface area contributed by atoms with Crippen LogP contribution in [0.15, 0.2) is 23.0 Å². The fraction of sp³-hybridized carbons (Fsp3) is 0.524. The number of hydrogen-bond donors (Lipinski definition) is 2. The van der Waals surface area contributed by atoms with E-state index in [0.717, 1.165) is 18.4 Å². The zero-order valence-electron chi connectivity index (χ0n) is 17.5. The lowest BCUT2D eigenvalue weighted by Crippen LogP contribution is -2.17. The van der Waals surface area contributed by atoms with Gasteiger partial charge in [0.15, 0.2) is 11.5 Å². The van der Waals surface area contributed by atoms with Crippen LogP contribution in [0.2, 0.25) is 5.02 Å². The zero-order chi connectivity index (χ0) is 21.2. The van der Waals surface area contributed by atoms with Crippen molar-refractivity contribution in [3.8, 4) is 17.4 Å². The average molecular weight is 424 g/mol. The van der Waals surface area contributed by atoms with E-state index in [0.29, 0.717) is 30.3 Å². The lowest BCUT2D eigenvalue weighted by Gasteiger charge is -2.16. The Morgan fingerprint density at radius 1 is 1.21 bits per heavy atom. The molecule has 2 rings (SSSR count). The number of aromatic amines is 1. The molecule has 1 aromatic carbocycles. The van der Waals surface area contributed by atoms with Gasteiger partial charge in [-0.25, -0.2) is 5.10 Å². The first-order valence-electron chi connectivity index (χ1n) is 9.94. The maximum Gasteiger partial charge on any atom is 0.285 e. The van der Waals surface area contributed by atoms with E-state index in [1.807, 2.05) is 32.0 Å². The van der Waals surface area contributed by atoms with Gasteiger partial charge in [-0.05, 0) is 38.0 Å². The maximum absolute atomic E-state index is 11.8. The molecule has 0 unspecified atom stereocenters. The molecule has 0 fully saturated rings. The van der Waals surface area contributed by atoms with Crippen LogP contribution in [-0.2, 0) is 6.54 Å². The Balaban J connectivity index is 2.11. The summed E-state index contributed by atoms with van der Waals surface area (Å²) in [5, 5.41) is 9.45. The molecule has 1 heterocycles. The quantitative estimate of drug-likeness (QED) is 0.477. The van der Waals surface area contributed by atoms with Crippen LogP contribution in [0.25, 0.3) is 0 Å². The van der Waals surface area contributed by atoms with Gasteiger partial charge in [0, 0.05) is 6.54 Å². The fourth-order valence-corrected chi connectivity index (χ4v) is 2.91. The number of hydrogen-bond acceptors (Lipinski definition) is 6. The Bertz CT molecular complexity index is 839. The summed E-state index contributed by atoms with van der Waals surface area (Å²) in [6.07, 6.45) is 4.43. The topological polar surface area (TPSA) is 85.5 Å². The molecule has 0 radical (unpaired) electrons.